The number of ether oxygens (including phenoxy) is 2. The van der Waals surface area contributed by atoms with Gasteiger partial charge in [-0.3, -0.25) is 0 Å². The molecule has 1 unspecified atom stereocenters. The van der Waals surface area contributed by atoms with Crippen LogP contribution in [0.1, 0.15) is 27.2 Å². The quantitative estimate of drug-likeness (QED) is 0.168. The molecule has 0 fully saturated rings. The van der Waals surface area contributed by atoms with Gasteiger partial charge < -0.3 is 14.6 Å². The fourth-order valence-corrected chi connectivity index (χ4v) is 0.684. The predicted octanol–water partition coefficient (Wildman–Crippen LogP) is 2.35. The molecule has 0 aliphatic rings. The molecule has 0 aromatic heterocycles. The van der Waals surface area contributed by atoms with E-state index >= 15 is 0 Å². The third kappa shape index (κ3) is 8.67. The van der Waals surface area contributed by atoms with Gasteiger partial charge in [0, 0.05) is 0 Å². The van der Waals surface area contributed by atoms with Gasteiger partial charge in [0.05, 0.1) is 12.2 Å². The topological polar surface area (TPSA) is 74.2 Å². The van der Waals surface area contributed by atoms with E-state index in [1.165, 1.54) is 6.08 Å². The van der Waals surface area contributed by atoms with Crippen LogP contribution in [-0.4, -0.2) is 36.4 Å². The molecule has 0 aliphatic heterocycles. The summed E-state index contributed by atoms with van der Waals surface area (Å²) in [5.41, 5.74) is -0.515. The van der Waals surface area contributed by atoms with Crippen LogP contribution in [0.4, 0.5) is 4.79 Å². The third-order valence-electron chi connectivity index (χ3n) is 1.95. The Morgan fingerprint density at radius 3 is 2.65 bits per heavy atom. The van der Waals surface area contributed by atoms with Gasteiger partial charge in [-0.15, -0.1) is 6.58 Å². The van der Waals surface area contributed by atoms with E-state index in [9.17, 15) is 4.79 Å². The summed E-state index contributed by atoms with van der Waals surface area (Å²) in [6, 6.07) is 0. The van der Waals surface area contributed by atoms with Gasteiger partial charge in [-0.2, -0.15) is 4.89 Å². The van der Waals surface area contributed by atoms with Crippen LogP contribution in [0.3, 0.4) is 0 Å². The van der Waals surface area contributed by atoms with Crippen LogP contribution in [-0.2, 0) is 19.2 Å². The van der Waals surface area contributed by atoms with E-state index in [4.69, 9.17) is 19.6 Å². The van der Waals surface area contributed by atoms with E-state index in [1.807, 2.05) is 20.8 Å². The van der Waals surface area contributed by atoms with Crippen LogP contribution in [0.15, 0.2) is 12.7 Å². The first kappa shape index (κ1) is 15.9. The van der Waals surface area contributed by atoms with Crippen LogP contribution in [0.2, 0.25) is 0 Å². The SMILES string of the molecule is C=CCOCC(OOC(C)(C)CC)OC(=O)O. The summed E-state index contributed by atoms with van der Waals surface area (Å²) in [5.74, 6) is 0. The highest BCUT2D eigenvalue weighted by Crippen LogP contribution is 2.15. The Morgan fingerprint density at radius 1 is 1.53 bits per heavy atom. The molecule has 0 spiro atoms. The summed E-state index contributed by atoms with van der Waals surface area (Å²) in [5, 5.41) is 8.49. The molecule has 0 aliphatic carbocycles. The fourth-order valence-electron chi connectivity index (χ4n) is 0.684. The Balaban J connectivity index is 4.09. The van der Waals surface area contributed by atoms with Crippen LogP contribution in [0, 0.1) is 0 Å². The lowest BCUT2D eigenvalue weighted by Gasteiger charge is -2.24. The molecule has 0 amide bonds. The second kappa shape index (κ2) is 8.05. The number of carboxylic acid groups (broad SMARTS) is 1. The summed E-state index contributed by atoms with van der Waals surface area (Å²) in [6.45, 7) is 9.23. The fraction of sp³-hybridized carbons (Fsp3) is 0.727. The smallest absolute Gasteiger partial charge is 0.450 e. The summed E-state index contributed by atoms with van der Waals surface area (Å²) in [7, 11) is 0. The molecule has 1 atom stereocenters. The number of hydrogen-bond acceptors (Lipinski definition) is 5. The highest BCUT2D eigenvalue weighted by Gasteiger charge is 2.22. The summed E-state index contributed by atoms with van der Waals surface area (Å²) in [4.78, 5) is 20.4. The van der Waals surface area contributed by atoms with Crippen molar-refractivity contribution in [2.45, 2.75) is 39.1 Å². The van der Waals surface area contributed by atoms with Gasteiger partial charge in [0.15, 0.2) is 0 Å². The van der Waals surface area contributed by atoms with Crippen molar-refractivity contribution in [2.75, 3.05) is 13.2 Å². The van der Waals surface area contributed by atoms with Gasteiger partial charge in [-0.1, -0.05) is 13.0 Å². The largest absolute Gasteiger partial charge is 0.508 e. The van der Waals surface area contributed by atoms with Gasteiger partial charge in [-0.05, 0) is 20.3 Å². The van der Waals surface area contributed by atoms with Crippen LogP contribution in [0.25, 0.3) is 0 Å². The van der Waals surface area contributed by atoms with Crippen molar-refractivity contribution in [3.05, 3.63) is 12.7 Å². The molecule has 6 heteroatoms. The van der Waals surface area contributed by atoms with E-state index in [0.29, 0.717) is 6.42 Å². The normalized spacial score (nSPS) is 13.1. The molecule has 0 radical (unpaired) electrons. The third-order valence-corrected chi connectivity index (χ3v) is 1.95. The lowest BCUT2D eigenvalue weighted by Crippen LogP contribution is -2.32. The number of hydrogen-bond donors (Lipinski definition) is 1. The molecule has 0 aromatic carbocycles. The maximum atomic E-state index is 10.4. The highest BCUT2D eigenvalue weighted by molar-refractivity contribution is 5.56. The zero-order valence-corrected chi connectivity index (χ0v) is 10.5. The van der Waals surface area contributed by atoms with Gasteiger partial charge in [0.1, 0.15) is 6.61 Å². The molecule has 17 heavy (non-hydrogen) atoms. The molecule has 100 valence electrons. The Kier molecular flexibility index (Phi) is 7.53. The van der Waals surface area contributed by atoms with Gasteiger partial charge >= 0.3 is 6.16 Å². The molecule has 0 aromatic rings. The molecule has 0 heterocycles. The van der Waals surface area contributed by atoms with Crippen molar-refractivity contribution in [1.29, 1.82) is 0 Å². The van der Waals surface area contributed by atoms with E-state index in [0.717, 1.165) is 0 Å². The molecule has 0 saturated heterocycles. The maximum absolute atomic E-state index is 10.4. The molecular formula is C11H20O6. The highest BCUT2D eigenvalue weighted by atomic mass is 17.2. The lowest BCUT2D eigenvalue weighted by molar-refractivity contribution is -0.416. The second-order valence-corrected chi connectivity index (χ2v) is 3.93. The zero-order valence-electron chi connectivity index (χ0n) is 10.5. The van der Waals surface area contributed by atoms with Crippen molar-refractivity contribution in [3.63, 3.8) is 0 Å². The van der Waals surface area contributed by atoms with Gasteiger partial charge in [-0.25, -0.2) is 9.68 Å². The minimum atomic E-state index is -1.45. The lowest BCUT2D eigenvalue weighted by atomic mass is 10.1. The minimum Gasteiger partial charge on any atom is -0.450 e. The van der Waals surface area contributed by atoms with Crippen molar-refractivity contribution in [3.8, 4) is 0 Å². The van der Waals surface area contributed by atoms with E-state index < -0.39 is 18.0 Å². The molecule has 0 saturated carbocycles. The van der Waals surface area contributed by atoms with Crippen molar-refractivity contribution < 1.29 is 29.1 Å². The first-order valence-electron chi connectivity index (χ1n) is 5.34. The summed E-state index contributed by atoms with van der Waals surface area (Å²) in [6.07, 6.45) is -0.317. The van der Waals surface area contributed by atoms with Crippen molar-refractivity contribution in [2.24, 2.45) is 0 Å². The molecule has 6 nitrogen and oxygen atoms in total. The summed E-state index contributed by atoms with van der Waals surface area (Å²) < 4.78 is 9.48. The Bertz CT molecular complexity index is 238. The van der Waals surface area contributed by atoms with Crippen LogP contribution < -0.4 is 0 Å². The Hall–Kier alpha value is -1.11. The minimum absolute atomic E-state index is 0.0574. The van der Waals surface area contributed by atoms with E-state index in [-0.39, 0.29) is 13.2 Å². The van der Waals surface area contributed by atoms with Crippen LogP contribution >= 0.6 is 0 Å². The monoisotopic (exact) mass is 248 g/mol. The zero-order chi connectivity index (χ0) is 13.3. The predicted molar refractivity (Wildman–Crippen MR) is 60.5 cm³/mol. The maximum Gasteiger partial charge on any atom is 0.508 e. The first-order valence-corrected chi connectivity index (χ1v) is 5.34. The van der Waals surface area contributed by atoms with Crippen molar-refractivity contribution in [1.82, 2.24) is 0 Å². The summed E-state index contributed by atoms with van der Waals surface area (Å²) >= 11 is 0. The first-order chi connectivity index (χ1) is 7.91. The molecule has 0 bridgehead atoms. The standard InChI is InChI=1S/C11H20O6/c1-5-7-14-8-9(15-10(12)13)16-17-11(3,4)6-2/h5,9H,1,6-8H2,2-4H3,(H,12,13). The molecular weight excluding hydrogens is 228 g/mol. The van der Waals surface area contributed by atoms with Crippen molar-refractivity contribution >= 4 is 6.16 Å². The van der Waals surface area contributed by atoms with Gasteiger partial charge in [0.25, 0.3) is 6.29 Å². The average Bonchev–Trinajstić information content (AvgIpc) is 2.25. The van der Waals surface area contributed by atoms with Gasteiger partial charge in [0.2, 0.25) is 0 Å². The Morgan fingerprint density at radius 2 is 2.18 bits per heavy atom. The molecule has 1 N–H and O–H groups in total. The average molecular weight is 248 g/mol. The Labute approximate surface area is 101 Å². The molecule has 0 rings (SSSR count). The number of carbonyl (C=O) groups is 1. The van der Waals surface area contributed by atoms with Crippen LogP contribution in [0.5, 0.6) is 0 Å². The van der Waals surface area contributed by atoms with E-state index in [2.05, 4.69) is 11.3 Å². The number of rotatable bonds is 9. The second-order valence-electron chi connectivity index (χ2n) is 3.93. The van der Waals surface area contributed by atoms with E-state index in [1.54, 1.807) is 0 Å².